The van der Waals surface area contributed by atoms with Crippen LogP contribution in [0.5, 0.6) is 0 Å². The van der Waals surface area contributed by atoms with Crippen molar-refractivity contribution in [3.8, 4) is 0 Å². The summed E-state index contributed by atoms with van der Waals surface area (Å²) < 4.78 is 0. The van der Waals surface area contributed by atoms with E-state index in [0.29, 0.717) is 11.9 Å². The Bertz CT molecular complexity index is 234. The van der Waals surface area contributed by atoms with E-state index < -0.39 is 0 Å². The van der Waals surface area contributed by atoms with Crippen LogP contribution in [-0.4, -0.2) is 22.0 Å². The summed E-state index contributed by atoms with van der Waals surface area (Å²) in [5.74, 6) is 1.80. The van der Waals surface area contributed by atoms with Crippen molar-refractivity contribution in [3.05, 3.63) is 12.2 Å². The number of hydrogen-bond donors (Lipinski definition) is 1. The van der Waals surface area contributed by atoms with E-state index in [4.69, 9.17) is 0 Å². The van der Waals surface area contributed by atoms with Crippen LogP contribution in [-0.2, 0) is 0 Å². The van der Waals surface area contributed by atoms with Gasteiger partial charge in [-0.3, -0.25) is 0 Å². The molecule has 0 spiro atoms. The largest absolute Gasteiger partial charge is 0.357 e. The fourth-order valence-corrected chi connectivity index (χ4v) is 0.708. The monoisotopic (exact) mass is 152 g/mol. The second kappa shape index (κ2) is 3.27. The third kappa shape index (κ3) is 1.86. The maximum absolute atomic E-state index is 4.16. The van der Waals surface area contributed by atoms with E-state index in [1.54, 1.807) is 7.05 Å². The van der Waals surface area contributed by atoms with Crippen molar-refractivity contribution in [1.82, 2.24) is 15.0 Å². The number of rotatable bonds is 2. The van der Waals surface area contributed by atoms with Gasteiger partial charge in [0.1, 0.15) is 12.2 Å². The van der Waals surface area contributed by atoms with Gasteiger partial charge in [0.25, 0.3) is 0 Å². The highest BCUT2D eigenvalue weighted by Gasteiger charge is 2.02. The van der Waals surface area contributed by atoms with Crippen LogP contribution in [0.25, 0.3) is 0 Å². The topological polar surface area (TPSA) is 50.7 Å². The van der Waals surface area contributed by atoms with Gasteiger partial charge in [0.2, 0.25) is 5.95 Å². The first-order valence-electron chi connectivity index (χ1n) is 3.60. The Morgan fingerprint density at radius 3 is 2.64 bits per heavy atom. The van der Waals surface area contributed by atoms with Crippen molar-refractivity contribution in [1.29, 1.82) is 0 Å². The summed E-state index contributed by atoms with van der Waals surface area (Å²) in [6, 6.07) is 0. The van der Waals surface area contributed by atoms with Crippen LogP contribution in [0, 0.1) is 0 Å². The first-order chi connectivity index (χ1) is 5.24. The van der Waals surface area contributed by atoms with Crippen molar-refractivity contribution in [2.45, 2.75) is 19.8 Å². The summed E-state index contributed by atoms with van der Waals surface area (Å²) in [4.78, 5) is 12.1. The van der Waals surface area contributed by atoms with E-state index in [0.717, 1.165) is 5.82 Å². The molecule has 1 heterocycles. The van der Waals surface area contributed by atoms with Gasteiger partial charge in [-0.15, -0.1) is 0 Å². The molecule has 0 bridgehead atoms. The first kappa shape index (κ1) is 7.91. The maximum Gasteiger partial charge on any atom is 0.225 e. The zero-order valence-corrected chi connectivity index (χ0v) is 7.00. The molecule has 1 N–H and O–H groups in total. The molecular formula is C7H12N4. The predicted octanol–water partition coefficient (Wildman–Crippen LogP) is 1.04. The maximum atomic E-state index is 4.16. The Labute approximate surface area is 66.1 Å². The fourth-order valence-electron chi connectivity index (χ4n) is 0.708. The molecule has 0 amide bonds. The van der Waals surface area contributed by atoms with Crippen molar-refractivity contribution >= 4 is 5.95 Å². The molecule has 0 aliphatic heterocycles. The lowest BCUT2D eigenvalue weighted by molar-refractivity contribution is 0.762. The molecule has 0 saturated carbocycles. The van der Waals surface area contributed by atoms with Crippen LogP contribution in [0.15, 0.2) is 6.33 Å². The lowest BCUT2D eigenvalue weighted by Gasteiger charge is -2.03. The standard InChI is InChI=1S/C7H12N4/c1-5(2)6-9-4-10-7(8-3)11-6/h4-5H,1-3H3,(H,8,9,10,11). The molecular weight excluding hydrogens is 140 g/mol. The van der Waals surface area contributed by atoms with E-state index in [1.807, 2.05) is 0 Å². The third-order valence-corrected chi connectivity index (χ3v) is 1.33. The zero-order chi connectivity index (χ0) is 8.27. The highest BCUT2D eigenvalue weighted by atomic mass is 15.1. The van der Waals surface area contributed by atoms with E-state index in [9.17, 15) is 0 Å². The van der Waals surface area contributed by atoms with Crippen molar-refractivity contribution < 1.29 is 0 Å². The fraction of sp³-hybridized carbons (Fsp3) is 0.571. The van der Waals surface area contributed by atoms with Gasteiger partial charge in [-0.05, 0) is 0 Å². The molecule has 4 heteroatoms. The summed E-state index contributed by atoms with van der Waals surface area (Å²) in [6.45, 7) is 4.10. The number of nitrogens with zero attached hydrogens (tertiary/aromatic N) is 3. The van der Waals surface area contributed by atoms with Crippen LogP contribution in [0.2, 0.25) is 0 Å². The smallest absolute Gasteiger partial charge is 0.225 e. The van der Waals surface area contributed by atoms with Gasteiger partial charge in [-0.2, -0.15) is 4.98 Å². The number of nitrogens with one attached hydrogen (secondary N) is 1. The molecule has 0 radical (unpaired) electrons. The average Bonchev–Trinajstić information content (AvgIpc) is 2.05. The van der Waals surface area contributed by atoms with Gasteiger partial charge in [-0.25, -0.2) is 9.97 Å². The Morgan fingerprint density at radius 1 is 1.36 bits per heavy atom. The van der Waals surface area contributed by atoms with Crippen molar-refractivity contribution in [2.75, 3.05) is 12.4 Å². The highest BCUT2D eigenvalue weighted by molar-refractivity contribution is 5.21. The lowest BCUT2D eigenvalue weighted by Crippen LogP contribution is -2.03. The molecule has 1 rings (SSSR count). The molecule has 0 fully saturated rings. The Kier molecular flexibility index (Phi) is 2.36. The number of aromatic nitrogens is 3. The second-order valence-electron chi connectivity index (χ2n) is 2.57. The summed E-state index contributed by atoms with van der Waals surface area (Å²) in [6.07, 6.45) is 1.52. The van der Waals surface area contributed by atoms with E-state index >= 15 is 0 Å². The van der Waals surface area contributed by atoms with E-state index in [2.05, 4.69) is 34.1 Å². The van der Waals surface area contributed by atoms with Crippen LogP contribution >= 0.6 is 0 Å². The van der Waals surface area contributed by atoms with Gasteiger partial charge < -0.3 is 5.32 Å². The minimum atomic E-state index is 0.352. The molecule has 4 nitrogen and oxygen atoms in total. The summed E-state index contributed by atoms with van der Waals surface area (Å²) in [5, 5.41) is 2.86. The summed E-state index contributed by atoms with van der Waals surface area (Å²) in [5.41, 5.74) is 0. The number of anilines is 1. The van der Waals surface area contributed by atoms with Gasteiger partial charge >= 0.3 is 0 Å². The molecule has 1 aromatic rings. The normalized spacial score (nSPS) is 10.2. The Balaban J connectivity index is 2.91. The number of hydrogen-bond acceptors (Lipinski definition) is 4. The Hall–Kier alpha value is -1.19. The second-order valence-corrected chi connectivity index (χ2v) is 2.57. The molecule has 0 aliphatic rings. The molecule has 0 atom stereocenters. The minimum absolute atomic E-state index is 0.352. The quantitative estimate of drug-likeness (QED) is 0.687. The third-order valence-electron chi connectivity index (χ3n) is 1.33. The van der Waals surface area contributed by atoms with Gasteiger partial charge in [0.05, 0.1) is 0 Å². The first-order valence-corrected chi connectivity index (χ1v) is 3.60. The van der Waals surface area contributed by atoms with Gasteiger partial charge in [-0.1, -0.05) is 13.8 Å². The van der Waals surface area contributed by atoms with Crippen LogP contribution in [0.4, 0.5) is 5.95 Å². The molecule has 0 aliphatic carbocycles. The van der Waals surface area contributed by atoms with Crippen LogP contribution in [0.1, 0.15) is 25.6 Å². The van der Waals surface area contributed by atoms with Crippen molar-refractivity contribution in [2.24, 2.45) is 0 Å². The van der Waals surface area contributed by atoms with Crippen LogP contribution < -0.4 is 5.32 Å². The molecule has 60 valence electrons. The SMILES string of the molecule is CNc1ncnc(C(C)C)n1. The summed E-state index contributed by atoms with van der Waals surface area (Å²) in [7, 11) is 1.79. The molecule has 1 aromatic heterocycles. The molecule has 11 heavy (non-hydrogen) atoms. The predicted molar refractivity (Wildman–Crippen MR) is 43.5 cm³/mol. The van der Waals surface area contributed by atoms with Crippen LogP contribution in [0.3, 0.4) is 0 Å². The Morgan fingerprint density at radius 2 is 2.09 bits per heavy atom. The van der Waals surface area contributed by atoms with Gasteiger partial charge in [0, 0.05) is 13.0 Å². The molecule has 0 saturated heterocycles. The average molecular weight is 152 g/mol. The highest BCUT2D eigenvalue weighted by Crippen LogP contribution is 2.07. The minimum Gasteiger partial charge on any atom is -0.357 e. The van der Waals surface area contributed by atoms with Crippen molar-refractivity contribution in [3.63, 3.8) is 0 Å². The van der Waals surface area contributed by atoms with E-state index in [1.165, 1.54) is 6.33 Å². The van der Waals surface area contributed by atoms with Gasteiger partial charge in [0.15, 0.2) is 0 Å². The van der Waals surface area contributed by atoms with E-state index in [-0.39, 0.29) is 0 Å². The molecule has 0 unspecified atom stereocenters. The lowest BCUT2D eigenvalue weighted by atomic mass is 10.2. The zero-order valence-electron chi connectivity index (χ0n) is 7.00. The summed E-state index contributed by atoms with van der Waals surface area (Å²) >= 11 is 0. The molecule has 0 aromatic carbocycles.